The molecule has 0 aromatic carbocycles. The molecule has 166 valence electrons. The smallest absolute Gasteiger partial charge is 0.250 e. The summed E-state index contributed by atoms with van der Waals surface area (Å²) >= 11 is 1.62. The van der Waals surface area contributed by atoms with Gasteiger partial charge in [0.1, 0.15) is 11.5 Å². The lowest BCUT2D eigenvalue weighted by atomic mass is 10.0. The Kier molecular flexibility index (Phi) is 9.84. The average molecular weight is 438 g/mol. The fourth-order valence-electron chi connectivity index (χ4n) is 2.74. The number of hydrogen-bond donors (Lipinski definition) is 1. The van der Waals surface area contributed by atoms with Crippen LogP contribution in [0, 0.1) is 12.8 Å². The quantitative estimate of drug-likeness (QED) is 0.231. The Bertz CT molecular complexity index is 711. The van der Waals surface area contributed by atoms with E-state index in [1.807, 2.05) is 19.2 Å². The number of thiazole rings is 1. The number of aryl methyl sites for hydroxylation is 1. The van der Waals surface area contributed by atoms with Crippen LogP contribution in [0.4, 0.5) is 0 Å². The molecule has 0 saturated carbocycles. The standard InChI is InChI=1S/C24H43NO2SSi/c1-17(2)12-11-13-18(3)14-15-22(26)19(4)23(21-16-28-20(5)25-21)27-29(9,10)24(6,7)8/h14,16-17,22,26H,11-13,15H2,1-10H3/b18-14+,23-19+. The minimum atomic E-state index is -2.04. The predicted molar refractivity (Wildman–Crippen MR) is 131 cm³/mol. The molecule has 1 unspecified atom stereocenters. The minimum absolute atomic E-state index is 0.0848. The first-order valence-electron chi connectivity index (χ1n) is 10.9. The molecule has 1 aromatic rings. The molecular formula is C24H43NO2SSi. The predicted octanol–water partition coefficient (Wildman–Crippen LogP) is 7.73. The second-order valence-corrected chi connectivity index (χ2v) is 16.0. The highest BCUT2D eigenvalue weighted by molar-refractivity contribution is 7.09. The van der Waals surface area contributed by atoms with Gasteiger partial charge in [-0.05, 0) is 69.7 Å². The van der Waals surface area contributed by atoms with Gasteiger partial charge in [-0.1, -0.05) is 52.7 Å². The lowest BCUT2D eigenvalue weighted by molar-refractivity contribution is 0.212. The van der Waals surface area contributed by atoms with Crippen LogP contribution < -0.4 is 0 Å². The third-order valence-electron chi connectivity index (χ3n) is 5.92. The summed E-state index contributed by atoms with van der Waals surface area (Å²) in [4.78, 5) is 4.66. The second-order valence-electron chi connectivity index (χ2n) is 10.2. The summed E-state index contributed by atoms with van der Waals surface area (Å²) < 4.78 is 6.66. The fraction of sp³-hybridized carbons (Fsp3) is 0.708. The number of aliphatic hydroxyl groups excluding tert-OH is 1. The van der Waals surface area contributed by atoms with Crippen molar-refractivity contribution >= 4 is 25.4 Å². The molecule has 0 aliphatic rings. The van der Waals surface area contributed by atoms with E-state index in [4.69, 9.17) is 4.43 Å². The summed E-state index contributed by atoms with van der Waals surface area (Å²) in [6.07, 6.45) is 5.81. The van der Waals surface area contributed by atoms with Gasteiger partial charge in [-0.2, -0.15) is 0 Å². The molecule has 0 radical (unpaired) electrons. The number of aliphatic hydroxyl groups is 1. The summed E-state index contributed by atoms with van der Waals surface area (Å²) in [5.41, 5.74) is 3.09. The molecule has 1 N–H and O–H groups in total. The zero-order chi connectivity index (χ0) is 22.4. The van der Waals surface area contributed by atoms with Crippen molar-refractivity contribution in [3.05, 3.63) is 33.3 Å². The number of allylic oxidation sites excluding steroid dienone is 1. The molecule has 29 heavy (non-hydrogen) atoms. The van der Waals surface area contributed by atoms with E-state index in [0.717, 1.165) is 34.4 Å². The van der Waals surface area contributed by atoms with Crippen LogP contribution in [0.25, 0.3) is 5.76 Å². The van der Waals surface area contributed by atoms with Gasteiger partial charge in [0.05, 0.1) is 11.1 Å². The molecule has 1 aromatic heterocycles. The third kappa shape index (κ3) is 8.39. The van der Waals surface area contributed by atoms with Gasteiger partial charge in [-0.15, -0.1) is 11.3 Å². The molecule has 0 aliphatic heterocycles. The Balaban J connectivity index is 3.05. The van der Waals surface area contributed by atoms with Crippen LogP contribution in [-0.2, 0) is 4.43 Å². The van der Waals surface area contributed by atoms with Gasteiger partial charge in [0.2, 0.25) is 0 Å². The van der Waals surface area contributed by atoms with E-state index in [1.165, 1.54) is 18.4 Å². The highest BCUT2D eigenvalue weighted by Crippen LogP contribution is 2.40. The molecule has 1 rings (SSSR count). The highest BCUT2D eigenvalue weighted by Gasteiger charge is 2.40. The summed E-state index contributed by atoms with van der Waals surface area (Å²) in [5.74, 6) is 1.52. The number of rotatable bonds is 10. The van der Waals surface area contributed by atoms with Gasteiger partial charge in [0.25, 0.3) is 8.32 Å². The summed E-state index contributed by atoms with van der Waals surface area (Å²) in [6, 6.07) is 0. The molecule has 0 spiro atoms. The van der Waals surface area contributed by atoms with Crippen LogP contribution in [0.15, 0.2) is 22.6 Å². The Labute approximate surface area is 184 Å². The van der Waals surface area contributed by atoms with Gasteiger partial charge < -0.3 is 9.53 Å². The maximum atomic E-state index is 10.9. The average Bonchev–Trinajstić information content (AvgIpc) is 3.01. The fourth-order valence-corrected chi connectivity index (χ4v) is 4.42. The minimum Gasteiger partial charge on any atom is -0.542 e. The van der Waals surface area contributed by atoms with Gasteiger partial charge >= 0.3 is 0 Å². The Morgan fingerprint density at radius 2 is 1.90 bits per heavy atom. The van der Waals surface area contributed by atoms with E-state index in [1.54, 1.807) is 11.3 Å². The van der Waals surface area contributed by atoms with Crippen molar-refractivity contribution in [2.75, 3.05) is 0 Å². The summed E-state index contributed by atoms with van der Waals surface area (Å²) in [5, 5.41) is 14.1. The van der Waals surface area contributed by atoms with Crippen molar-refractivity contribution in [3.8, 4) is 0 Å². The number of nitrogens with zero attached hydrogens (tertiary/aromatic N) is 1. The lowest BCUT2D eigenvalue weighted by Crippen LogP contribution is -2.40. The van der Waals surface area contributed by atoms with Crippen molar-refractivity contribution in [2.24, 2.45) is 5.92 Å². The van der Waals surface area contributed by atoms with Crippen LogP contribution in [0.3, 0.4) is 0 Å². The molecule has 0 saturated heterocycles. The Morgan fingerprint density at radius 1 is 1.28 bits per heavy atom. The van der Waals surface area contributed by atoms with Crippen molar-refractivity contribution in [2.45, 2.75) is 105 Å². The number of hydrogen-bond acceptors (Lipinski definition) is 4. The SMILES string of the molecule is C/C(=C\CC(O)/C(C)=C(/O[Si](C)(C)C(C)(C)C)c1csc(C)n1)CCCC(C)C. The van der Waals surface area contributed by atoms with Crippen LogP contribution in [0.5, 0.6) is 0 Å². The Morgan fingerprint density at radius 3 is 2.38 bits per heavy atom. The van der Waals surface area contributed by atoms with Crippen LogP contribution in [-0.4, -0.2) is 24.5 Å². The van der Waals surface area contributed by atoms with E-state index >= 15 is 0 Å². The molecule has 0 amide bonds. The van der Waals surface area contributed by atoms with Crippen molar-refractivity contribution in [1.29, 1.82) is 0 Å². The molecular weight excluding hydrogens is 394 g/mol. The van der Waals surface area contributed by atoms with Crippen molar-refractivity contribution < 1.29 is 9.53 Å². The molecule has 3 nitrogen and oxygen atoms in total. The van der Waals surface area contributed by atoms with Crippen LogP contribution in [0.1, 0.15) is 84.9 Å². The van der Waals surface area contributed by atoms with Crippen molar-refractivity contribution in [1.82, 2.24) is 4.98 Å². The molecule has 5 heteroatoms. The molecule has 0 bridgehead atoms. The second kappa shape index (κ2) is 10.9. The molecule has 1 atom stereocenters. The molecule has 0 aliphatic carbocycles. The molecule has 1 heterocycles. The van der Waals surface area contributed by atoms with Gasteiger partial charge in [0, 0.05) is 5.38 Å². The van der Waals surface area contributed by atoms with E-state index in [2.05, 4.69) is 65.7 Å². The molecule has 0 fully saturated rings. The normalized spacial score (nSPS) is 15.5. The van der Waals surface area contributed by atoms with E-state index < -0.39 is 14.4 Å². The first-order valence-corrected chi connectivity index (χ1v) is 14.7. The van der Waals surface area contributed by atoms with Gasteiger partial charge in [0.15, 0.2) is 0 Å². The van der Waals surface area contributed by atoms with Crippen LogP contribution in [0.2, 0.25) is 18.1 Å². The van der Waals surface area contributed by atoms with Crippen LogP contribution >= 0.6 is 11.3 Å². The topological polar surface area (TPSA) is 42.4 Å². The highest BCUT2D eigenvalue weighted by atomic mass is 32.1. The zero-order valence-electron chi connectivity index (χ0n) is 20.3. The lowest BCUT2D eigenvalue weighted by Gasteiger charge is -2.37. The maximum absolute atomic E-state index is 10.9. The van der Waals surface area contributed by atoms with Gasteiger partial charge in [-0.25, -0.2) is 4.98 Å². The van der Waals surface area contributed by atoms with E-state index in [-0.39, 0.29) is 5.04 Å². The number of aromatic nitrogens is 1. The summed E-state index contributed by atoms with van der Waals surface area (Å²) in [6.45, 7) is 21.9. The van der Waals surface area contributed by atoms with Crippen molar-refractivity contribution in [3.63, 3.8) is 0 Å². The monoisotopic (exact) mass is 437 g/mol. The zero-order valence-corrected chi connectivity index (χ0v) is 22.2. The van der Waals surface area contributed by atoms with E-state index in [9.17, 15) is 5.11 Å². The third-order valence-corrected chi connectivity index (χ3v) is 11.0. The first-order chi connectivity index (χ1) is 13.2. The largest absolute Gasteiger partial charge is 0.542 e. The Hall–Kier alpha value is -0.913. The summed E-state index contributed by atoms with van der Waals surface area (Å²) in [7, 11) is -2.04. The van der Waals surface area contributed by atoms with E-state index in [0.29, 0.717) is 6.42 Å². The van der Waals surface area contributed by atoms with Gasteiger partial charge in [-0.3, -0.25) is 0 Å². The maximum Gasteiger partial charge on any atom is 0.250 e. The first kappa shape index (κ1) is 26.1.